The van der Waals surface area contributed by atoms with Gasteiger partial charge in [-0.05, 0) is 60.7 Å². The van der Waals surface area contributed by atoms with E-state index in [0.717, 1.165) is 16.7 Å². The third kappa shape index (κ3) is 3.52. The van der Waals surface area contributed by atoms with Crippen LogP contribution < -0.4 is 0 Å². The average molecular weight is 373 g/mol. The van der Waals surface area contributed by atoms with Crippen LogP contribution in [0.15, 0.2) is 34.4 Å². The van der Waals surface area contributed by atoms with Gasteiger partial charge in [0.1, 0.15) is 0 Å². The Morgan fingerprint density at radius 3 is 1.52 bits per heavy atom. The minimum atomic E-state index is -0.145. The van der Waals surface area contributed by atoms with E-state index in [-0.39, 0.29) is 27.4 Å². The summed E-state index contributed by atoms with van der Waals surface area (Å²) in [7, 11) is 0. The van der Waals surface area contributed by atoms with Crippen LogP contribution in [0.1, 0.15) is 89.5 Å². The lowest BCUT2D eigenvalue weighted by molar-refractivity contribution is -0.120. The molecule has 0 spiro atoms. The highest BCUT2D eigenvalue weighted by Gasteiger charge is 2.47. The molecule has 0 amide bonds. The molecule has 0 atom stereocenters. The molecule has 0 N–H and O–H groups in total. The van der Waals surface area contributed by atoms with Crippen molar-refractivity contribution in [3.8, 4) is 0 Å². The highest BCUT2D eigenvalue weighted by Crippen LogP contribution is 2.53. The van der Waals surface area contributed by atoms with Crippen molar-refractivity contribution < 1.29 is 9.59 Å². The number of Topliss-reactive ketones (excluding diaryl/α,β-unsaturated/α-hetero) is 2. The molecule has 0 aromatic rings. The lowest BCUT2D eigenvalue weighted by Crippen LogP contribution is -2.42. The molecule has 152 valence electrons. The standard InChI is InChI=1S/C13H20O.C12H20O/c1-8-9(2)12(4,5)13(6,7)10(3)11(8)14;1-8-9(2)12(5,6)11(3,4)7-10(8)13/h3H2,1-2,4-7H3;7H2,1-6H3. The van der Waals surface area contributed by atoms with Crippen LogP contribution in [0.2, 0.25) is 0 Å². The molecule has 0 bridgehead atoms. The van der Waals surface area contributed by atoms with Crippen LogP contribution in [-0.4, -0.2) is 11.6 Å². The van der Waals surface area contributed by atoms with Crippen LogP contribution in [0.4, 0.5) is 0 Å². The molecule has 2 aliphatic rings. The lowest BCUT2D eigenvalue weighted by Gasteiger charge is -2.47. The maximum Gasteiger partial charge on any atom is 0.184 e. The monoisotopic (exact) mass is 372 g/mol. The molecule has 0 heterocycles. The number of hydrogen-bond donors (Lipinski definition) is 0. The smallest absolute Gasteiger partial charge is 0.184 e. The van der Waals surface area contributed by atoms with E-state index in [1.807, 2.05) is 13.8 Å². The van der Waals surface area contributed by atoms with E-state index in [1.165, 1.54) is 11.1 Å². The minimum absolute atomic E-state index is 0.0159. The predicted molar refractivity (Wildman–Crippen MR) is 116 cm³/mol. The first kappa shape index (κ1) is 23.6. The van der Waals surface area contributed by atoms with Crippen LogP contribution >= 0.6 is 0 Å². The Labute approximate surface area is 167 Å². The summed E-state index contributed by atoms with van der Waals surface area (Å²) < 4.78 is 0. The van der Waals surface area contributed by atoms with Gasteiger partial charge in [0.25, 0.3) is 0 Å². The molecule has 0 saturated carbocycles. The largest absolute Gasteiger partial charge is 0.295 e. The van der Waals surface area contributed by atoms with Gasteiger partial charge in [-0.3, -0.25) is 9.59 Å². The van der Waals surface area contributed by atoms with Gasteiger partial charge in [0.2, 0.25) is 0 Å². The van der Waals surface area contributed by atoms with Crippen LogP contribution in [0.3, 0.4) is 0 Å². The molecule has 2 heteroatoms. The Bertz CT molecular complexity index is 749. The van der Waals surface area contributed by atoms with E-state index in [2.05, 4.69) is 75.8 Å². The number of hydrogen-bond acceptors (Lipinski definition) is 2. The molecule has 0 aromatic heterocycles. The van der Waals surface area contributed by atoms with E-state index >= 15 is 0 Å². The molecule has 0 aliphatic heterocycles. The summed E-state index contributed by atoms with van der Waals surface area (Å²) in [6, 6.07) is 0. The van der Waals surface area contributed by atoms with Crippen molar-refractivity contribution in [1.82, 2.24) is 0 Å². The molecule has 0 unspecified atom stereocenters. The average Bonchev–Trinajstić information content (AvgIpc) is 2.55. The van der Waals surface area contributed by atoms with Gasteiger partial charge in [-0.1, -0.05) is 73.1 Å². The van der Waals surface area contributed by atoms with Crippen molar-refractivity contribution in [2.75, 3.05) is 0 Å². The highest BCUT2D eigenvalue weighted by molar-refractivity contribution is 6.10. The van der Waals surface area contributed by atoms with Crippen molar-refractivity contribution in [2.45, 2.75) is 89.5 Å². The summed E-state index contributed by atoms with van der Waals surface area (Å²) in [4.78, 5) is 23.5. The molecule has 2 aliphatic carbocycles. The fraction of sp³-hybridized carbons (Fsp3) is 0.680. The summed E-state index contributed by atoms with van der Waals surface area (Å²) >= 11 is 0. The van der Waals surface area contributed by atoms with Crippen LogP contribution in [-0.2, 0) is 9.59 Å². The van der Waals surface area contributed by atoms with Crippen LogP contribution in [0.5, 0.6) is 0 Å². The van der Waals surface area contributed by atoms with Crippen LogP contribution in [0.25, 0.3) is 0 Å². The topological polar surface area (TPSA) is 34.1 Å². The van der Waals surface area contributed by atoms with E-state index < -0.39 is 0 Å². The van der Waals surface area contributed by atoms with E-state index in [0.29, 0.717) is 12.2 Å². The Morgan fingerprint density at radius 1 is 0.667 bits per heavy atom. The first-order valence-electron chi connectivity index (χ1n) is 9.97. The molecule has 0 saturated heterocycles. The zero-order valence-corrected chi connectivity index (χ0v) is 19.7. The van der Waals surface area contributed by atoms with Crippen LogP contribution in [0, 0.1) is 21.7 Å². The Balaban J connectivity index is 0.000000271. The number of carbonyl (C=O) groups is 2. The van der Waals surface area contributed by atoms with Gasteiger partial charge in [0.05, 0.1) is 0 Å². The summed E-state index contributed by atoms with van der Waals surface area (Å²) in [5, 5.41) is 0. The summed E-state index contributed by atoms with van der Waals surface area (Å²) in [6.07, 6.45) is 0.684. The van der Waals surface area contributed by atoms with Gasteiger partial charge in [0, 0.05) is 11.8 Å². The van der Waals surface area contributed by atoms with Gasteiger partial charge in [-0.15, -0.1) is 0 Å². The zero-order valence-electron chi connectivity index (χ0n) is 19.7. The van der Waals surface area contributed by atoms with Gasteiger partial charge in [-0.25, -0.2) is 0 Å². The Hall–Kier alpha value is -1.44. The van der Waals surface area contributed by atoms with Crippen molar-refractivity contribution in [3.63, 3.8) is 0 Å². The molecule has 0 aromatic carbocycles. The second kappa shape index (κ2) is 6.87. The predicted octanol–water partition coefficient (Wildman–Crippen LogP) is 6.86. The van der Waals surface area contributed by atoms with Gasteiger partial charge in [-0.2, -0.15) is 0 Å². The maximum atomic E-state index is 11.9. The van der Waals surface area contributed by atoms with Crippen molar-refractivity contribution >= 4 is 11.6 Å². The first-order valence-corrected chi connectivity index (χ1v) is 9.97. The molecular formula is C25H40O2. The van der Waals surface area contributed by atoms with Crippen molar-refractivity contribution in [3.05, 3.63) is 34.4 Å². The molecule has 0 radical (unpaired) electrons. The van der Waals surface area contributed by atoms with E-state index in [1.54, 1.807) is 0 Å². The SMILES string of the molecule is C=C1C(=O)C(C)=C(C)C(C)(C)C1(C)C.CC1=C(C)C(C)(C)C(C)(C)CC1=O. The van der Waals surface area contributed by atoms with Crippen molar-refractivity contribution in [1.29, 1.82) is 0 Å². The lowest BCUT2D eigenvalue weighted by atomic mass is 9.55. The number of carbonyl (C=O) groups excluding carboxylic acids is 2. The van der Waals surface area contributed by atoms with Gasteiger partial charge < -0.3 is 0 Å². The number of rotatable bonds is 0. The second-order valence-corrected chi connectivity index (χ2v) is 10.7. The Kier molecular flexibility index (Phi) is 6.00. The number of allylic oxidation sites excluding steroid dienone is 5. The minimum Gasteiger partial charge on any atom is -0.295 e. The fourth-order valence-corrected chi connectivity index (χ4v) is 3.94. The fourth-order valence-electron chi connectivity index (χ4n) is 3.94. The molecular weight excluding hydrogens is 332 g/mol. The number of ketones is 2. The summed E-state index contributed by atoms with van der Waals surface area (Å²) in [6.45, 7) is 29.3. The first-order chi connectivity index (χ1) is 11.8. The second-order valence-electron chi connectivity index (χ2n) is 10.7. The molecule has 27 heavy (non-hydrogen) atoms. The molecule has 2 nitrogen and oxygen atoms in total. The van der Waals surface area contributed by atoms with Crippen molar-refractivity contribution in [2.24, 2.45) is 21.7 Å². The Morgan fingerprint density at radius 2 is 1.07 bits per heavy atom. The third-order valence-electron chi connectivity index (χ3n) is 8.64. The zero-order chi connectivity index (χ0) is 21.7. The third-order valence-corrected chi connectivity index (χ3v) is 8.64. The van der Waals surface area contributed by atoms with E-state index in [4.69, 9.17) is 0 Å². The highest BCUT2D eigenvalue weighted by atomic mass is 16.1. The van der Waals surface area contributed by atoms with E-state index in [9.17, 15) is 9.59 Å². The summed E-state index contributed by atoms with van der Waals surface area (Å²) in [5.74, 6) is 0.452. The normalized spacial score (nSPS) is 26.0. The molecule has 2 rings (SSSR count). The van der Waals surface area contributed by atoms with Gasteiger partial charge in [0.15, 0.2) is 11.6 Å². The molecule has 0 fully saturated rings. The quantitative estimate of drug-likeness (QED) is 0.435. The summed E-state index contributed by atoms with van der Waals surface area (Å²) in [5.41, 5.74) is 5.15. The van der Waals surface area contributed by atoms with Gasteiger partial charge >= 0.3 is 0 Å². The maximum absolute atomic E-state index is 11.9.